The molecule has 0 fully saturated rings. The molecule has 0 aliphatic heterocycles. The summed E-state index contributed by atoms with van der Waals surface area (Å²) in [5.74, 6) is 5.44. The zero-order valence-electron chi connectivity index (χ0n) is 7.01. The van der Waals surface area contributed by atoms with E-state index in [1.807, 2.05) is 0 Å². The Balaban J connectivity index is 2.66. The molecule has 1 heterocycles. The molecule has 0 saturated heterocycles. The Bertz CT molecular complexity index is 237. The van der Waals surface area contributed by atoms with Crippen molar-refractivity contribution < 1.29 is 0 Å². The lowest BCUT2D eigenvalue weighted by Gasteiger charge is -2.12. The number of nitrogens with one attached hydrogen (secondary N) is 1. The molecule has 0 saturated carbocycles. The van der Waals surface area contributed by atoms with E-state index in [0.29, 0.717) is 6.04 Å². The van der Waals surface area contributed by atoms with Crippen LogP contribution in [0.1, 0.15) is 31.4 Å². The zero-order chi connectivity index (χ0) is 8.97. The third-order valence-electron chi connectivity index (χ3n) is 1.77. The second kappa shape index (κ2) is 4.97. The third-order valence-corrected chi connectivity index (χ3v) is 3.29. The van der Waals surface area contributed by atoms with Crippen molar-refractivity contribution >= 4 is 27.3 Å². The molecule has 0 aromatic carbocycles. The number of hydrogen-bond acceptors (Lipinski definition) is 3. The van der Waals surface area contributed by atoms with Gasteiger partial charge in [0.15, 0.2) is 0 Å². The highest BCUT2D eigenvalue weighted by molar-refractivity contribution is 9.11. The maximum absolute atomic E-state index is 5.44. The minimum absolute atomic E-state index is 0.303. The predicted molar refractivity (Wildman–Crippen MR) is 57.0 cm³/mol. The quantitative estimate of drug-likeness (QED) is 0.636. The first kappa shape index (κ1) is 10.2. The summed E-state index contributed by atoms with van der Waals surface area (Å²) < 4.78 is 1.16. The van der Waals surface area contributed by atoms with E-state index in [1.54, 1.807) is 11.3 Å². The molecule has 0 amide bonds. The SMILES string of the molecule is CCCC(NN)c1csc(Br)c1. The summed E-state index contributed by atoms with van der Waals surface area (Å²) in [5, 5.41) is 2.13. The average Bonchev–Trinajstić information content (AvgIpc) is 2.47. The van der Waals surface area contributed by atoms with Crippen molar-refractivity contribution in [1.29, 1.82) is 0 Å². The summed E-state index contributed by atoms with van der Waals surface area (Å²) in [5.41, 5.74) is 4.09. The molecule has 1 aromatic heterocycles. The van der Waals surface area contributed by atoms with Crippen molar-refractivity contribution in [3.05, 3.63) is 20.8 Å². The second-order valence-corrected chi connectivity index (χ2v) is 4.98. The molecule has 4 heteroatoms. The van der Waals surface area contributed by atoms with Crippen LogP contribution in [-0.4, -0.2) is 0 Å². The van der Waals surface area contributed by atoms with Gasteiger partial charge in [-0.3, -0.25) is 11.3 Å². The van der Waals surface area contributed by atoms with Gasteiger partial charge < -0.3 is 0 Å². The lowest BCUT2D eigenvalue weighted by Crippen LogP contribution is -2.27. The molecule has 0 spiro atoms. The molecule has 0 aliphatic rings. The highest BCUT2D eigenvalue weighted by Crippen LogP contribution is 2.26. The summed E-state index contributed by atoms with van der Waals surface area (Å²) in [6.45, 7) is 2.16. The first-order valence-electron chi connectivity index (χ1n) is 3.98. The van der Waals surface area contributed by atoms with E-state index in [2.05, 4.69) is 39.7 Å². The number of hydrogen-bond donors (Lipinski definition) is 2. The standard InChI is InChI=1S/C8H13BrN2S/c1-2-3-7(11-10)6-4-8(9)12-5-6/h4-5,7,11H,2-3,10H2,1H3. The van der Waals surface area contributed by atoms with Crippen LogP contribution in [0.5, 0.6) is 0 Å². The molecule has 1 aromatic rings. The van der Waals surface area contributed by atoms with Crippen LogP contribution in [0, 0.1) is 0 Å². The Hall–Kier alpha value is 0.100. The van der Waals surface area contributed by atoms with E-state index < -0.39 is 0 Å². The van der Waals surface area contributed by atoms with Gasteiger partial charge >= 0.3 is 0 Å². The van der Waals surface area contributed by atoms with E-state index in [4.69, 9.17) is 5.84 Å². The van der Waals surface area contributed by atoms with Crippen molar-refractivity contribution in [1.82, 2.24) is 5.43 Å². The van der Waals surface area contributed by atoms with E-state index in [-0.39, 0.29) is 0 Å². The van der Waals surface area contributed by atoms with Gasteiger partial charge in [0.1, 0.15) is 0 Å². The number of hydrazine groups is 1. The van der Waals surface area contributed by atoms with Gasteiger partial charge in [0.25, 0.3) is 0 Å². The fraction of sp³-hybridized carbons (Fsp3) is 0.500. The van der Waals surface area contributed by atoms with Crippen molar-refractivity contribution in [2.24, 2.45) is 5.84 Å². The van der Waals surface area contributed by atoms with Crippen LogP contribution in [-0.2, 0) is 0 Å². The third kappa shape index (κ3) is 2.55. The molecular formula is C8H13BrN2S. The Morgan fingerprint density at radius 1 is 1.75 bits per heavy atom. The summed E-state index contributed by atoms with van der Waals surface area (Å²) >= 11 is 5.13. The van der Waals surface area contributed by atoms with Crippen LogP contribution in [0.2, 0.25) is 0 Å². The van der Waals surface area contributed by atoms with Crippen molar-refractivity contribution in [3.8, 4) is 0 Å². The molecule has 2 nitrogen and oxygen atoms in total. The van der Waals surface area contributed by atoms with Gasteiger partial charge in [0, 0.05) is 6.04 Å². The van der Waals surface area contributed by atoms with Crippen molar-refractivity contribution in [2.75, 3.05) is 0 Å². The lowest BCUT2D eigenvalue weighted by molar-refractivity contribution is 0.511. The molecule has 0 radical (unpaired) electrons. The highest BCUT2D eigenvalue weighted by Gasteiger charge is 2.09. The largest absolute Gasteiger partial charge is 0.271 e. The van der Waals surface area contributed by atoms with Crippen LogP contribution >= 0.6 is 27.3 Å². The van der Waals surface area contributed by atoms with Gasteiger partial charge in [-0.25, -0.2) is 0 Å². The van der Waals surface area contributed by atoms with Gasteiger partial charge in [-0.05, 0) is 39.4 Å². The van der Waals surface area contributed by atoms with Gasteiger partial charge in [0.2, 0.25) is 0 Å². The van der Waals surface area contributed by atoms with Crippen LogP contribution in [0.3, 0.4) is 0 Å². The Morgan fingerprint density at radius 3 is 2.92 bits per heavy atom. The van der Waals surface area contributed by atoms with Gasteiger partial charge in [0.05, 0.1) is 3.79 Å². The lowest BCUT2D eigenvalue weighted by atomic mass is 10.1. The Morgan fingerprint density at radius 2 is 2.50 bits per heavy atom. The van der Waals surface area contributed by atoms with E-state index in [1.165, 1.54) is 5.56 Å². The molecule has 3 N–H and O–H groups in total. The minimum Gasteiger partial charge on any atom is -0.271 e. The fourth-order valence-electron chi connectivity index (χ4n) is 1.14. The zero-order valence-corrected chi connectivity index (χ0v) is 9.41. The van der Waals surface area contributed by atoms with E-state index >= 15 is 0 Å². The summed E-state index contributed by atoms with van der Waals surface area (Å²) in [4.78, 5) is 0. The van der Waals surface area contributed by atoms with Gasteiger partial charge in [-0.1, -0.05) is 13.3 Å². The van der Waals surface area contributed by atoms with Gasteiger partial charge in [-0.15, -0.1) is 11.3 Å². The molecular weight excluding hydrogens is 236 g/mol. The Kier molecular flexibility index (Phi) is 4.21. The summed E-state index contributed by atoms with van der Waals surface area (Å²) in [6.07, 6.45) is 2.22. The number of thiophene rings is 1. The molecule has 0 bridgehead atoms. The predicted octanol–water partition coefficient (Wildman–Crippen LogP) is 2.82. The topological polar surface area (TPSA) is 38.0 Å². The molecule has 1 rings (SSSR count). The number of nitrogens with two attached hydrogens (primary N) is 1. The molecule has 1 atom stereocenters. The second-order valence-electron chi connectivity index (χ2n) is 2.69. The van der Waals surface area contributed by atoms with Crippen LogP contribution in [0.4, 0.5) is 0 Å². The maximum Gasteiger partial charge on any atom is 0.0701 e. The van der Waals surface area contributed by atoms with Crippen LogP contribution < -0.4 is 11.3 Å². The maximum atomic E-state index is 5.44. The fourth-order valence-corrected chi connectivity index (χ4v) is 2.37. The van der Waals surface area contributed by atoms with E-state index in [0.717, 1.165) is 16.6 Å². The monoisotopic (exact) mass is 248 g/mol. The van der Waals surface area contributed by atoms with Crippen molar-refractivity contribution in [3.63, 3.8) is 0 Å². The van der Waals surface area contributed by atoms with Crippen molar-refractivity contribution in [2.45, 2.75) is 25.8 Å². The van der Waals surface area contributed by atoms with Crippen LogP contribution in [0.15, 0.2) is 15.2 Å². The minimum atomic E-state index is 0.303. The summed E-state index contributed by atoms with van der Waals surface area (Å²) in [6, 6.07) is 2.42. The molecule has 1 unspecified atom stereocenters. The highest BCUT2D eigenvalue weighted by atomic mass is 79.9. The first-order chi connectivity index (χ1) is 5.77. The van der Waals surface area contributed by atoms with E-state index in [9.17, 15) is 0 Å². The molecule has 12 heavy (non-hydrogen) atoms. The normalized spacial score (nSPS) is 13.2. The van der Waals surface area contributed by atoms with Crippen LogP contribution in [0.25, 0.3) is 0 Å². The van der Waals surface area contributed by atoms with Gasteiger partial charge in [-0.2, -0.15) is 0 Å². The molecule has 0 aliphatic carbocycles. The summed E-state index contributed by atoms with van der Waals surface area (Å²) in [7, 11) is 0. The Labute approximate surface area is 85.3 Å². The number of halogens is 1. The first-order valence-corrected chi connectivity index (χ1v) is 5.65. The number of rotatable bonds is 4. The smallest absolute Gasteiger partial charge is 0.0701 e. The average molecular weight is 249 g/mol. The molecule has 68 valence electrons.